The van der Waals surface area contributed by atoms with Crippen molar-refractivity contribution in [3.8, 4) is 0 Å². The van der Waals surface area contributed by atoms with Crippen molar-refractivity contribution < 1.29 is 4.79 Å². The summed E-state index contributed by atoms with van der Waals surface area (Å²) in [4.78, 5) is 13.8. The summed E-state index contributed by atoms with van der Waals surface area (Å²) < 4.78 is 0. The van der Waals surface area contributed by atoms with Crippen LogP contribution < -0.4 is 0 Å². The molecule has 0 aromatic rings. The number of likely N-dealkylation sites (N-methyl/N-ethyl adjacent to an activating group) is 1. The van der Waals surface area contributed by atoms with E-state index in [4.69, 9.17) is 0 Å². The summed E-state index contributed by atoms with van der Waals surface area (Å²) in [6.45, 7) is 5.86. The summed E-state index contributed by atoms with van der Waals surface area (Å²) in [5.74, 6) is 1.50. The van der Waals surface area contributed by atoms with Gasteiger partial charge >= 0.3 is 0 Å². The zero-order valence-corrected chi connectivity index (χ0v) is 9.75. The average Bonchev–Trinajstić information content (AvgIpc) is 2.10. The van der Waals surface area contributed by atoms with Crippen LogP contribution in [0.15, 0.2) is 0 Å². The molecule has 0 aromatic carbocycles. The molecular weight excluding hydrogens is 174 g/mol. The second-order valence-electron chi connectivity index (χ2n) is 4.77. The summed E-state index contributed by atoms with van der Waals surface area (Å²) >= 11 is 0. The van der Waals surface area contributed by atoms with Gasteiger partial charge in [-0.1, -0.05) is 20.3 Å². The fourth-order valence-electron chi connectivity index (χ4n) is 1.83. The normalized spacial score (nSPS) is 19.4. The zero-order chi connectivity index (χ0) is 10.6. The van der Waals surface area contributed by atoms with Crippen LogP contribution in [0.2, 0.25) is 0 Å². The van der Waals surface area contributed by atoms with E-state index < -0.39 is 0 Å². The summed E-state index contributed by atoms with van der Waals surface area (Å²) in [6.07, 6.45) is 5.08. The average molecular weight is 197 g/mol. The molecule has 82 valence electrons. The van der Waals surface area contributed by atoms with E-state index in [2.05, 4.69) is 18.9 Å². The van der Waals surface area contributed by atoms with Gasteiger partial charge in [0.2, 0.25) is 0 Å². The molecule has 0 bridgehead atoms. The highest BCUT2D eigenvalue weighted by Crippen LogP contribution is 2.26. The topological polar surface area (TPSA) is 20.3 Å². The Kier molecular flexibility index (Phi) is 4.59. The third-order valence-electron chi connectivity index (χ3n) is 3.38. The number of carbonyl (C=O) groups is 1. The van der Waals surface area contributed by atoms with Gasteiger partial charge in [-0.05, 0) is 32.2 Å². The van der Waals surface area contributed by atoms with Gasteiger partial charge in [0.05, 0.1) is 6.54 Å². The molecule has 0 aliphatic heterocycles. The molecule has 1 saturated carbocycles. The maximum absolute atomic E-state index is 11.6. The van der Waals surface area contributed by atoms with Gasteiger partial charge in [0.1, 0.15) is 5.78 Å². The van der Waals surface area contributed by atoms with E-state index in [1.165, 1.54) is 19.3 Å². The number of Topliss-reactive ketones (excluding diaryl/α,β-unsaturated/α-hetero) is 1. The van der Waals surface area contributed by atoms with Gasteiger partial charge in [-0.15, -0.1) is 0 Å². The fraction of sp³-hybridized carbons (Fsp3) is 0.917. The number of rotatable bonds is 6. The predicted octanol–water partition coefficient (Wildman–Crippen LogP) is 2.33. The van der Waals surface area contributed by atoms with E-state index in [9.17, 15) is 4.79 Å². The molecule has 1 fully saturated rings. The van der Waals surface area contributed by atoms with Crippen molar-refractivity contribution >= 4 is 5.78 Å². The molecule has 0 aromatic heterocycles. The van der Waals surface area contributed by atoms with Gasteiger partial charge in [-0.2, -0.15) is 0 Å². The molecule has 14 heavy (non-hydrogen) atoms. The van der Waals surface area contributed by atoms with Crippen LogP contribution in [-0.2, 0) is 4.79 Å². The number of nitrogens with zero attached hydrogens (tertiary/aromatic N) is 1. The van der Waals surface area contributed by atoms with Crippen molar-refractivity contribution in [3.63, 3.8) is 0 Å². The van der Waals surface area contributed by atoms with E-state index >= 15 is 0 Å². The Bertz CT molecular complexity index is 187. The summed E-state index contributed by atoms with van der Waals surface area (Å²) in [6, 6.07) is 0. The van der Waals surface area contributed by atoms with Crippen LogP contribution in [0.25, 0.3) is 0 Å². The third-order valence-corrected chi connectivity index (χ3v) is 3.38. The number of hydrogen-bond acceptors (Lipinski definition) is 2. The highest BCUT2D eigenvalue weighted by atomic mass is 16.1. The van der Waals surface area contributed by atoms with E-state index in [1.807, 2.05) is 6.92 Å². The van der Waals surface area contributed by atoms with E-state index in [0.717, 1.165) is 18.9 Å². The quantitative estimate of drug-likeness (QED) is 0.651. The lowest BCUT2D eigenvalue weighted by molar-refractivity contribution is -0.123. The van der Waals surface area contributed by atoms with Crippen LogP contribution in [0.3, 0.4) is 0 Å². The van der Waals surface area contributed by atoms with Gasteiger partial charge < -0.3 is 0 Å². The Labute approximate surface area is 87.7 Å². The van der Waals surface area contributed by atoms with Crippen LogP contribution >= 0.6 is 0 Å². The molecular formula is C12H23NO. The zero-order valence-electron chi connectivity index (χ0n) is 9.75. The molecule has 2 nitrogen and oxygen atoms in total. The third kappa shape index (κ3) is 3.41. The Hall–Kier alpha value is -0.370. The minimum Gasteiger partial charge on any atom is -0.299 e. The molecule has 1 rings (SSSR count). The maximum atomic E-state index is 11.6. The minimum atomic E-state index is 0.235. The Morgan fingerprint density at radius 1 is 1.50 bits per heavy atom. The first kappa shape index (κ1) is 11.7. The van der Waals surface area contributed by atoms with Crippen molar-refractivity contribution in [2.75, 3.05) is 20.1 Å². The molecule has 0 saturated heterocycles. The van der Waals surface area contributed by atoms with E-state index in [0.29, 0.717) is 12.3 Å². The van der Waals surface area contributed by atoms with Gasteiger partial charge in [-0.25, -0.2) is 0 Å². The van der Waals surface area contributed by atoms with Crippen LogP contribution in [0, 0.1) is 11.8 Å². The highest BCUT2D eigenvalue weighted by Gasteiger charge is 2.20. The Morgan fingerprint density at radius 2 is 2.14 bits per heavy atom. The van der Waals surface area contributed by atoms with Crippen molar-refractivity contribution in [2.45, 2.75) is 39.5 Å². The lowest BCUT2D eigenvalue weighted by Gasteiger charge is -2.30. The van der Waals surface area contributed by atoms with Crippen LogP contribution in [0.5, 0.6) is 0 Å². The fourth-order valence-corrected chi connectivity index (χ4v) is 1.83. The van der Waals surface area contributed by atoms with Crippen molar-refractivity contribution in [1.29, 1.82) is 0 Å². The van der Waals surface area contributed by atoms with Crippen LogP contribution in [0.4, 0.5) is 0 Å². The molecule has 1 unspecified atom stereocenters. The maximum Gasteiger partial charge on any atom is 0.149 e. The molecule has 1 aliphatic carbocycles. The second kappa shape index (κ2) is 5.50. The van der Waals surface area contributed by atoms with Gasteiger partial charge in [0, 0.05) is 12.5 Å². The summed E-state index contributed by atoms with van der Waals surface area (Å²) in [5, 5.41) is 0. The van der Waals surface area contributed by atoms with Crippen molar-refractivity contribution in [3.05, 3.63) is 0 Å². The first-order valence-electron chi connectivity index (χ1n) is 5.84. The molecule has 0 amide bonds. The second-order valence-corrected chi connectivity index (χ2v) is 4.77. The molecule has 1 atom stereocenters. The Morgan fingerprint density at radius 3 is 2.57 bits per heavy atom. The van der Waals surface area contributed by atoms with Gasteiger partial charge in [0.25, 0.3) is 0 Å². The number of carbonyl (C=O) groups excluding carboxylic acids is 1. The largest absolute Gasteiger partial charge is 0.299 e. The van der Waals surface area contributed by atoms with Gasteiger partial charge in [0.15, 0.2) is 0 Å². The number of hydrogen-bond donors (Lipinski definition) is 0. The van der Waals surface area contributed by atoms with Crippen molar-refractivity contribution in [1.82, 2.24) is 4.90 Å². The van der Waals surface area contributed by atoms with Crippen LogP contribution in [-0.4, -0.2) is 30.8 Å². The highest BCUT2D eigenvalue weighted by molar-refractivity contribution is 5.82. The van der Waals surface area contributed by atoms with E-state index in [1.54, 1.807) is 0 Å². The monoisotopic (exact) mass is 197 g/mol. The van der Waals surface area contributed by atoms with Crippen molar-refractivity contribution in [2.24, 2.45) is 11.8 Å². The first-order valence-corrected chi connectivity index (χ1v) is 5.84. The standard InChI is InChI=1S/C12H23NO/c1-4-10(2)12(14)9-13(3)8-11-6-5-7-11/h10-11H,4-9H2,1-3H3. The molecule has 0 spiro atoms. The SMILES string of the molecule is CCC(C)C(=O)CN(C)CC1CCC1. The lowest BCUT2D eigenvalue weighted by Crippen LogP contribution is -2.35. The molecule has 0 radical (unpaired) electrons. The van der Waals surface area contributed by atoms with E-state index in [-0.39, 0.29) is 5.92 Å². The molecule has 1 aliphatic rings. The summed E-state index contributed by atoms with van der Waals surface area (Å²) in [7, 11) is 2.07. The Balaban J connectivity index is 2.17. The molecule has 0 heterocycles. The molecule has 0 N–H and O–H groups in total. The predicted molar refractivity (Wildman–Crippen MR) is 59.3 cm³/mol. The first-order chi connectivity index (χ1) is 6.63. The summed E-state index contributed by atoms with van der Waals surface area (Å²) in [5.41, 5.74) is 0. The van der Waals surface area contributed by atoms with Gasteiger partial charge in [-0.3, -0.25) is 9.69 Å². The number of ketones is 1. The smallest absolute Gasteiger partial charge is 0.149 e. The van der Waals surface area contributed by atoms with Crippen LogP contribution in [0.1, 0.15) is 39.5 Å². The lowest BCUT2D eigenvalue weighted by atomic mass is 9.85. The molecule has 2 heteroatoms. The minimum absolute atomic E-state index is 0.235.